The van der Waals surface area contributed by atoms with E-state index in [0.717, 1.165) is 11.1 Å². The van der Waals surface area contributed by atoms with Gasteiger partial charge in [-0.05, 0) is 30.9 Å². The van der Waals surface area contributed by atoms with Crippen LogP contribution >= 0.6 is 0 Å². The molecule has 1 aliphatic rings. The minimum absolute atomic E-state index is 0.149. The van der Waals surface area contributed by atoms with Crippen LogP contribution in [0.25, 0.3) is 0 Å². The van der Waals surface area contributed by atoms with Gasteiger partial charge in [0.25, 0.3) is 0 Å². The van der Waals surface area contributed by atoms with Crippen molar-refractivity contribution < 1.29 is 29.3 Å². The van der Waals surface area contributed by atoms with E-state index in [0.29, 0.717) is 19.4 Å². The van der Waals surface area contributed by atoms with Gasteiger partial charge in [0.1, 0.15) is 12.1 Å². The molecule has 1 heterocycles. The number of amides is 1. The van der Waals surface area contributed by atoms with Crippen molar-refractivity contribution in [3.63, 3.8) is 0 Å². The zero-order valence-electron chi connectivity index (χ0n) is 18.6. The summed E-state index contributed by atoms with van der Waals surface area (Å²) in [6, 6.07) is 16.3. The minimum atomic E-state index is -1.10. The Balaban J connectivity index is 1.58. The van der Waals surface area contributed by atoms with Gasteiger partial charge in [0, 0.05) is 13.0 Å². The van der Waals surface area contributed by atoms with E-state index >= 15 is 0 Å². The van der Waals surface area contributed by atoms with Gasteiger partial charge in [0.15, 0.2) is 0 Å². The van der Waals surface area contributed by atoms with Gasteiger partial charge in [0.2, 0.25) is 5.91 Å². The lowest BCUT2D eigenvalue weighted by Crippen LogP contribution is -2.53. The minimum Gasteiger partial charge on any atom is -0.480 e. The van der Waals surface area contributed by atoms with Crippen LogP contribution < -0.4 is 5.32 Å². The normalized spacial score (nSPS) is 19.7. The van der Waals surface area contributed by atoms with Gasteiger partial charge in [-0.2, -0.15) is 0 Å². The van der Waals surface area contributed by atoms with Crippen LogP contribution in [0.4, 0.5) is 0 Å². The Morgan fingerprint density at radius 1 is 1.03 bits per heavy atom. The van der Waals surface area contributed by atoms with Crippen molar-refractivity contribution in [1.82, 2.24) is 10.2 Å². The number of carboxylic acid groups (broad SMARTS) is 2. The second-order valence-corrected chi connectivity index (χ2v) is 8.30. The third-order valence-corrected chi connectivity index (χ3v) is 5.84. The van der Waals surface area contributed by atoms with E-state index in [1.165, 1.54) is 4.90 Å². The zero-order valence-corrected chi connectivity index (χ0v) is 18.6. The highest BCUT2D eigenvalue weighted by Gasteiger charge is 2.42. The predicted octanol–water partition coefficient (Wildman–Crippen LogP) is 2.32. The van der Waals surface area contributed by atoms with Crippen LogP contribution in [0, 0.1) is 0 Å². The van der Waals surface area contributed by atoms with Crippen molar-refractivity contribution in [2.45, 2.75) is 57.0 Å². The third-order valence-electron chi connectivity index (χ3n) is 5.84. The molecule has 176 valence electrons. The average molecular weight is 455 g/mol. The van der Waals surface area contributed by atoms with Gasteiger partial charge < -0.3 is 19.8 Å². The molecule has 0 bridgehead atoms. The number of aliphatic carboxylic acids is 2. The Bertz CT molecular complexity index is 936. The van der Waals surface area contributed by atoms with Crippen LogP contribution in [0.15, 0.2) is 60.7 Å². The second-order valence-electron chi connectivity index (χ2n) is 8.30. The van der Waals surface area contributed by atoms with Crippen LogP contribution in [0.5, 0.6) is 0 Å². The number of ether oxygens (including phenoxy) is 1. The fourth-order valence-electron chi connectivity index (χ4n) is 4.04. The zero-order chi connectivity index (χ0) is 23.8. The summed E-state index contributed by atoms with van der Waals surface area (Å²) in [5.41, 5.74) is 1.97. The van der Waals surface area contributed by atoms with E-state index in [1.54, 1.807) is 6.92 Å². The summed E-state index contributed by atoms with van der Waals surface area (Å²) >= 11 is 0. The standard InChI is InChI=1S/C25H30N2O6/c1-17(26-21(24(29)30)13-12-18-8-4-2-5-9-18)23(28)27-15-20(14-22(27)25(31)32)33-16-19-10-6-3-7-11-19/h2-11,17,20-22,26H,12-16H2,1H3,(H,29,30)(H,31,32)/t17?,20-,21?,22-/m0/s1. The molecule has 1 aliphatic heterocycles. The van der Waals surface area contributed by atoms with Crippen molar-refractivity contribution in [2.24, 2.45) is 0 Å². The summed E-state index contributed by atoms with van der Waals surface area (Å²) in [5, 5.41) is 22.1. The van der Waals surface area contributed by atoms with Gasteiger partial charge in [-0.15, -0.1) is 0 Å². The number of aryl methyl sites for hydroxylation is 1. The molecule has 1 amide bonds. The lowest BCUT2D eigenvalue weighted by molar-refractivity contribution is -0.149. The maximum absolute atomic E-state index is 13.1. The first-order valence-electron chi connectivity index (χ1n) is 11.1. The Labute approximate surface area is 193 Å². The predicted molar refractivity (Wildman–Crippen MR) is 122 cm³/mol. The summed E-state index contributed by atoms with van der Waals surface area (Å²) in [6.07, 6.45) is 0.637. The van der Waals surface area contributed by atoms with E-state index in [1.807, 2.05) is 60.7 Å². The maximum Gasteiger partial charge on any atom is 0.326 e. The number of benzene rings is 2. The first-order valence-corrected chi connectivity index (χ1v) is 11.1. The molecular weight excluding hydrogens is 424 g/mol. The first-order chi connectivity index (χ1) is 15.8. The van der Waals surface area contributed by atoms with Gasteiger partial charge in [0.05, 0.1) is 18.8 Å². The summed E-state index contributed by atoms with van der Waals surface area (Å²) in [4.78, 5) is 37.9. The van der Waals surface area contributed by atoms with Crippen LogP contribution in [0.3, 0.4) is 0 Å². The molecule has 1 fully saturated rings. The SMILES string of the molecule is CC(NC(CCc1ccccc1)C(=O)O)C(=O)N1C[C@@H](OCc2ccccc2)C[C@H]1C(=O)O. The molecule has 2 unspecified atom stereocenters. The number of hydrogen-bond acceptors (Lipinski definition) is 5. The topological polar surface area (TPSA) is 116 Å². The van der Waals surface area contributed by atoms with E-state index in [2.05, 4.69) is 5.32 Å². The van der Waals surface area contributed by atoms with Gasteiger partial charge in [-0.25, -0.2) is 4.79 Å². The van der Waals surface area contributed by atoms with Crippen LogP contribution in [-0.4, -0.2) is 63.7 Å². The lowest BCUT2D eigenvalue weighted by Gasteiger charge is -2.27. The summed E-state index contributed by atoms with van der Waals surface area (Å²) in [7, 11) is 0. The van der Waals surface area contributed by atoms with Crippen LogP contribution in [-0.2, 0) is 32.1 Å². The fraction of sp³-hybridized carbons (Fsp3) is 0.400. The molecule has 0 aliphatic carbocycles. The van der Waals surface area contributed by atoms with Crippen molar-refractivity contribution in [3.8, 4) is 0 Å². The smallest absolute Gasteiger partial charge is 0.326 e. The summed E-state index contributed by atoms with van der Waals surface area (Å²) < 4.78 is 5.86. The molecule has 8 heteroatoms. The molecule has 0 spiro atoms. The molecule has 1 saturated heterocycles. The second kappa shape index (κ2) is 11.6. The van der Waals surface area contributed by atoms with Crippen molar-refractivity contribution in [2.75, 3.05) is 6.54 Å². The number of rotatable bonds is 11. The van der Waals surface area contributed by atoms with E-state index in [9.17, 15) is 24.6 Å². The molecule has 4 atom stereocenters. The van der Waals surface area contributed by atoms with E-state index < -0.39 is 42.1 Å². The largest absolute Gasteiger partial charge is 0.480 e. The number of nitrogens with one attached hydrogen (secondary N) is 1. The molecule has 0 saturated carbocycles. The van der Waals surface area contributed by atoms with E-state index in [4.69, 9.17) is 4.74 Å². The van der Waals surface area contributed by atoms with Gasteiger partial charge >= 0.3 is 11.9 Å². The van der Waals surface area contributed by atoms with Crippen LogP contribution in [0.1, 0.15) is 30.9 Å². The Morgan fingerprint density at radius 2 is 1.64 bits per heavy atom. The highest BCUT2D eigenvalue weighted by Crippen LogP contribution is 2.23. The number of hydrogen-bond donors (Lipinski definition) is 3. The van der Waals surface area contributed by atoms with E-state index in [-0.39, 0.29) is 13.0 Å². The quantitative estimate of drug-likeness (QED) is 0.477. The molecular formula is C25H30N2O6. The molecule has 3 rings (SSSR count). The average Bonchev–Trinajstić information content (AvgIpc) is 3.25. The highest BCUT2D eigenvalue weighted by molar-refractivity contribution is 5.88. The third kappa shape index (κ3) is 6.87. The van der Waals surface area contributed by atoms with Crippen molar-refractivity contribution in [3.05, 3.63) is 71.8 Å². The number of carbonyl (C=O) groups is 3. The Kier molecular flexibility index (Phi) is 8.57. The van der Waals surface area contributed by atoms with Crippen molar-refractivity contribution >= 4 is 17.8 Å². The number of carboxylic acids is 2. The Hall–Kier alpha value is -3.23. The van der Waals surface area contributed by atoms with Crippen molar-refractivity contribution in [1.29, 1.82) is 0 Å². The Morgan fingerprint density at radius 3 is 2.21 bits per heavy atom. The van der Waals surface area contributed by atoms with Gasteiger partial charge in [-0.1, -0.05) is 60.7 Å². The summed E-state index contributed by atoms with van der Waals surface area (Å²) in [5.74, 6) is -2.59. The molecule has 2 aromatic rings. The van der Waals surface area contributed by atoms with Gasteiger partial charge in [-0.3, -0.25) is 14.9 Å². The monoisotopic (exact) mass is 454 g/mol. The molecule has 0 radical (unpaired) electrons. The maximum atomic E-state index is 13.1. The summed E-state index contributed by atoms with van der Waals surface area (Å²) in [6.45, 7) is 2.04. The fourth-order valence-corrected chi connectivity index (χ4v) is 4.04. The highest BCUT2D eigenvalue weighted by atomic mass is 16.5. The van der Waals surface area contributed by atoms with Crippen LogP contribution in [0.2, 0.25) is 0 Å². The lowest BCUT2D eigenvalue weighted by atomic mass is 10.0. The number of likely N-dealkylation sites (tertiary alicyclic amines) is 1. The number of nitrogens with zero attached hydrogens (tertiary/aromatic N) is 1. The molecule has 33 heavy (non-hydrogen) atoms. The number of carbonyl (C=O) groups excluding carboxylic acids is 1. The molecule has 0 aromatic heterocycles. The molecule has 3 N–H and O–H groups in total. The molecule has 8 nitrogen and oxygen atoms in total. The first kappa shape index (κ1) is 24.4. The molecule has 2 aromatic carbocycles.